The van der Waals surface area contributed by atoms with Gasteiger partial charge in [0.2, 0.25) is 0 Å². The van der Waals surface area contributed by atoms with E-state index in [0.717, 1.165) is 63.4 Å². The Labute approximate surface area is 154 Å². The van der Waals surface area contributed by atoms with Gasteiger partial charge in [-0.05, 0) is 49.9 Å². The fraction of sp³-hybridized carbons (Fsp3) is 0.550. The van der Waals surface area contributed by atoms with Gasteiger partial charge in [0, 0.05) is 56.2 Å². The topological polar surface area (TPSA) is 44.5 Å². The Morgan fingerprint density at radius 2 is 1.81 bits per heavy atom. The summed E-state index contributed by atoms with van der Waals surface area (Å²) in [6.45, 7) is 5.68. The van der Waals surface area contributed by atoms with Gasteiger partial charge in [-0.25, -0.2) is 4.39 Å². The van der Waals surface area contributed by atoms with Gasteiger partial charge in [0.15, 0.2) is 0 Å². The lowest BCUT2D eigenvalue weighted by Gasteiger charge is -2.36. The van der Waals surface area contributed by atoms with Crippen molar-refractivity contribution < 1.29 is 9.50 Å². The smallest absolute Gasteiger partial charge is 0.123 e. The summed E-state index contributed by atoms with van der Waals surface area (Å²) in [5, 5.41) is 15.1. The molecule has 2 aromatic rings. The van der Waals surface area contributed by atoms with Crippen LogP contribution in [-0.4, -0.2) is 52.5 Å². The van der Waals surface area contributed by atoms with Crippen molar-refractivity contribution in [3.8, 4) is 0 Å². The number of piperazine rings is 1. The van der Waals surface area contributed by atoms with Crippen LogP contribution in [0.3, 0.4) is 0 Å². The molecule has 1 unspecified atom stereocenters. The van der Waals surface area contributed by atoms with Gasteiger partial charge in [0.1, 0.15) is 5.82 Å². The van der Waals surface area contributed by atoms with Gasteiger partial charge in [-0.2, -0.15) is 5.10 Å². The van der Waals surface area contributed by atoms with Crippen LogP contribution >= 0.6 is 0 Å². The maximum absolute atomic E-state index is 13.1. The second kappa shape index (κ2) is 7.76. The highest BCUT2D eigenvalue weighted by Crippen LogP contribution is 2.26. The number of hydrogen-bond acceptors (Lipinski definition) is 4. The van der Waals surface area contributed by atoms with Crippen LogP contribution in [0.5, 0.6) is 0 Å². The third kappa shape index (κ3) is 3.76. The highest BCUT2D eigenvalue weighted by Gasteiger charge is 2.22. The first kappa shape index (κ1) is 17.5. The Kier molecular flexibility index (Phi) is 5.22. The molecule has 4 rings (SSSR count). The Morgan fingerprint density at radius 1 is 1.04 bits per heavy atom. The fourth-order valence-electron chi connectivity index (χ4n) is 4.07. The average molecular weight is 358 g/mol. The summed E-state index contributed by atoms with van der Waals surface area (Å²) in [6.07, 6.45) is 5.58. The molecule has 0 saturated carbocycles. The highest BCUT2D eigenvalue weighted by molar-refractivity contribution is 5.46. The minimum atomic E-state index is -0.424. The minimum Gasteiger partial charge on any atom is -0.388 e. The van der Waals surface area contributed by atoms with Crippen LogP contribution in [-0.2, 0) is 13.0 Å². The molecule has 2 aliphatic rings. The predicted molar refractivity (Wildman–Crippen MR) is 99.8 cm³/mol. The number of anilines is 1. The molecule has 0 spiro atoms. The van der Waals surface area contributed by atoms with E-state index in [0.29, 0.717) is 0 Å². The molecule has 1 saturated heterocycles. The van der Waals surface area contributed by atoms with Gasteiger partial charge < -0.3 is 10.0 Å². The maximum Gasteiger partial charge on any atom is 0.123 e. The summed E-state index contributed by atoms with van der Waals surface area (Å²) in [7, 11) is 0. The Hall–Kier alpha value is -1.92. The first-order valence-corrected chi connectivity index (χ1v) is 9.66. The van der Waals surface area contributed by atoms with Crippen LogP contribution in [0.4, 0.5) is 10.1 Å². The molecule has 1 aromatic heterocycles. The second-order valence-electron chi connectivity index (χ2n) is 7.34. The molecule has 6 heteroatoms. The summed E-state index contributed by atoms with van der Waals surface area (Å²) in [5.74, 6) is -0.191. The van der Waals surface area contributed by atoms with Crippen molar-refractivity contribution in [2.45, 2.75) is 38.3 Å². The molecular formula is C20H27FN4O. The second-order valence-corrected chi connectivity index (χ2v) is 7.34. The van der Waals surface area contributed by atoms with Crippen molar-refractivity contribution in [3.63, 3.8) is 0 Å². The van der Waals surface area contributed by atoms with Gasteiger partial charge in [0.25, 0.3) is 0 Å². The molecule has 0 amide bonds. The Bertz CT molecular complexity index is 722. The normalized spacial score (nSPS) is 19.4. The SMILES string of the molecule is OC(CCN1CCN(c2ccc(F)cc2)CC1)c1cnn2c1CCCC2. The molecule has 2 aliphatic heterocycles. The number of hydrogen-bond donors (Lipinski definition) is 1. The quantitative estimate of drug-likeness (QED) is 0.892. The number of aliphatic hydroxyl groups is 1. The summed E-state index contributed by atoms with van der Waals surface area (Å²) >= 11 is 0. The lowest BCUT2D eigenvalue weighted by Crippen LogP contribution is -2.46. The highest BCUT2D eigenvalue weighted by atomic mass is 19.1. The third-order valence-electron chi connectivity index (χ3n) is 5.66. The summed E-state index contributed by atoms with van der Waals surface area (Å²) in [4.78, 5) is 4.69. The zero-order chi connectivity index (χ0) is 17.9. The van der Waals surface area contributed by atoms with E-state index in [9.17, 15) is 9.50 Å². The molecule has 0 radical (unpaired) electrons. The molecule has 1 N–H and O–H groups in total. The van der Waals surface area contributed by atoms with E-state index in [2.05, 4.69) is 19.6 Å². The van der Waals surface area contributed by atoms with E-state index in [1.807, 2.05) is 18.3 Å². The molecule has 140 valence electrons. The maximum atomic E-state index is 13.1. The van der Waals surface area contributed by atoms with Crippen molar-refractivity contribution >= 4 is 5.69 Å². The standard InChI is InChI=1S/C20H27FN4O/c21-16-4-6-17(7-5-16)24-13-11-23(12-14-24)10-8-20(26)18-15-22-25-9-2-1-3-19(18)25/h4-7,15,20,26H,1-3,8-14H2. The van der Waals surface area contributed by atoms with Crippen molar-refractivity contribution in [3.05, 3.63) is 47.5 Å². The lowest BCUT2D eigenvalue weighted by molar-refractivity contribution is 0.138. The van der Waals surface area contributed by atoms with E-state index in [1.165, 1.54) is 30.7 Å². The van der Waals surface area contributed by atoms with Crippen LogP contribution in [0, 0.1) is 5.82 Å². The van der Waals surface area contributed by atoms with E-state index < -0.39 is 6.10 Å². The lowest BCUT2D eigenvalue weighted by atomic mass is 10.0. The molecule has 3 heterocycles. The summed E-state index contributed by atoms with van der Waals surface area (Å²) < 4.78 is 15.1. The largest absolute Gasteiger partial charge is 0.388 e. The van der Waals surface area contributed by atoms with Gasteiger partial charge in [0.05, 0.1) is 12.3 Å². The number of aliphatic hydroxyl groups excluding tert-OH is 1. The summed E-state index contributed by atoms with van der Waals surface area (Å²) in [5.41, 5.74) is 3.33. The van der Waals surface area contributed by atoms with E-state index in [-0.39, 0.29) is 5.82 Å². The van der Waals surface area contributed by atoms with Crippen LogP contribution < -0.4 is 4.90 Å². The van der Waals surface area contributed by atoms with Gasteiger partial charge in [-0.15, -0.1) is 0 Å². The molecule has 0 bridgehead atoms. The van der Waals surface area contributed by atoms with Crippen molar-refractivity contribution in [2.24, 2.45) is 0 Å². The zero-order valence-corrected chi connectivity index (χ0v) is 15.1. The average Bonchev–Trinajstić information content (AvgIpc) is 3.11. The van der Waals surface area contributed by atoms with E-state index >= 15 is 0 Å². The molecular weight excluding hydrogens is 331 g/mol. The number of fused-ring (bicyclic) bond motifs is 1. The number of aryl methyl sites for hydroxylation is 1. The number of aromatic nitrogens is 2. The van der Waals surface area contributed by atoms with Crippen LogP contribution in [0.2, 0.25) is 0 Å². The van der Waals surface area contributed by atoms with Crippen LogP contribution in [0.15, 0.2) is 30.5 Å². The minimum absolute atomic E-state index is 0.191. The van der Waals surface area contributed by atoms with Gasteiger partial charge in [-0.1, -0.05) is 0 Å². The number of rotatable bonds is 5. The van der Waals surface area contributed by atoms with Crippen LogP contribution in [0.1, 0.15) is 36.6 Å². The molecule has 1 atom stereocenters. The van der Waals surface area contributed by atoms with Crippen molar-refractivity contribution in [2.75, 3.05) is 37.6 Å². The first-order valence-electron chi connectivity index (χ1n) is 9.66. The van der Waals surface area contributed by atoms with E-state index in [4.69, 9.17) is 0 Å². The van der Waals surface area contributed by atoms with E-state index in [1.54, 1.807) is 0 Å². The Morgan fingerprint density at radius 3 is 2.58 bits per heavy atom. The molecule has 1 aromatic carbocycles. The molecule has 5 nitrogen and oxygen atoms in total. The first-order chi connectivity index (χ1) is 12.7. The monoisotopic (exact) mass is 358 g/mol. The fourth-order valence-corrected chi connectivity index (χ4v) is 4.07. The van der Waals surface area contributed by atoms with Crippen molar-refractivity contribution in [1.82, 2.24) is 14.7 Å². The molecule has 0 aliphatic carbocycles. The summed E-state index contributed by atoms with van der Waals surface area (Å²) in [6, 6.07) is 6.73. The third-order valence-corrected chi connectivity index (χ3v) is 5.66. The van der Waals surface area contributed by atoms with Gasteiger partial charge in [-0.3, -0.25) is 9.58 Å². The number of benzene rings is 1. The van der Waals surface area contributed by atoms with Gasteiger partial charge >= 0.3 is 0 Å². The molecule has 26 heavy (non-hydrogen) atoms. The predicted octanol–water partition coefficient (Wildman–Crippen LogP) is 2.60. The molecule has 1 fully saturated rings. The van der Waals surface area contributed by atoms with Crippen LogP contribution in [0.25, 0.3) is 0 Å². The number of nitrogens with zero attached hydrogens (tertiary/aromatic N) is 4. The zero-order valence-electron chi connectivity index (χ0n) is 15.1. The number of halogens is 1. The van der Waals surface area contributed by atoms with Crippen molar-refractivity contribution in [1.29, 1.82) is 0 Å². The Balaban J connectivity index is 1.27.